The number of nitrogens with one attached hydrogen (secondary N) is 1. The Bertz CT molecular complexity index is 1320. The quantitative estimate of drug-likeness (QED) is 0.370. The van der Waals surface area contributed by atoms with Gasteiger partial charge in [-0.3, -0.25) is 19.1 Å². The first-order chi connectivity index (χ1) is 17.9. The number of rotatable bonds is 9. The lowest BCUT2D eigenvalue weighted by Crippen LogP contribution is -2.35. The predicted molar refractivity (Wildman–Crippen MR) is 150 cm³/mol. The Morgan fingerprint density at radius 1 is 1.32 bits per heavy atom. The van der Waals surface area contributed by atoms with Crippen molar-refractivity contribution in [3.63, 3.8) is 0 Å². The van der Waals surface area contributed by atoms with Gasteiger partial charge in [-0.1, -0.05) is 43.0 Å². The molecule has 2 aliphatic heterocycles. The molecule has 1 N–H and O–H groups in total. The Morgan fingerprint density at radius 3 is 2.70 bits per heavy atom. The number of nitriles is 1. The molecule has 0 bridgehead atoms. The number of methoxy groups -OCH3 is 1. The molecule has 0 aliphatic carbocycles. The molecule has 0 spiro atoms. The van der Waals surface area contributed by atoms with Crippen molar-refractivity contribution in [2.24, 2.45) is 0 Å². The summed E-state index contributed by atoms with van der Waals surface area (Å²) in [4.78, 5) is 28.6. The van der Waals surface area contributed by atoms with Crippen LogP contribution in [0.15, 0.2) is 34.0 Å². The van der Waals surface area contributed by atoms with Crippen LogP contribution in [0.4, 0.5) is 5.82 Å². The number of nitrogens with zero attached hydrogens (tertiary/aromatic N) is 3. The number of benzene rings is 1. The van der Waals surface area contributed by atoms with Crippen LogP contribution in [0.5, 0.6) is 5.75 Å². The van der Waals surface area contributed by atoms with Gasteiger partial charge in [0.1, 0.15) is 27.5 Å². The Labute approximate surface area is 226 Å². The Hall–Kier alpha value is -3.13. The van der Waals surface area contributed by atoms with Crippen molar-refractivity contribution >= 4 is 46.1 Å². The molecule has 1 amide bonds. The van der Waals surface area contributed by atoms with Crippen molar-refractivity contribution < 1.29 is 14.3 Å². The number of amides is 1. The van der Waals surface area contributed by atoms with Crippen LogP contribution in [-0.2, 0) is 22.6 Å². The van der Waals surface area contributed by atoms with E-state index in [4.69, 9.17) is 21.7 Å². The van der Waals surface area contributed by atoms with E-state index in [2.05, 4.69) is 11.4 Å². The number of carbonyl (C=O) groups excluding carboxylic acids is 1. The minimum Gasteiger partial charge on any atom is -0.497 e. The van der Waals surface area contributed by atoms with E-state index in [1.807, 2.05) is 31.2 Å². The van der Waals surface area contributed by atoms with E-state index in [0.717, 1.165) is 24.2 Å². The number of aromatic nitrogens is 1. The van der Waals surface area contributed by atoms with Gasteiger partial charge in [-0.05, 0) is 55.5 Å². The van der Waals surface area contributed by atoms with Gasteiger partial charge in [-0.2, -0.15) is 5.26 Å². The molecule has 4 rings (SSSR count). The lowest BCUT2D eigenvalue weighted by Gasteiger charge is -2.20. The molecule has 194 valence electrons. The summed E-state index contributed by atoms with van der Waals surface area (Å²) in [5.74, 6) is 1.15. The summed E-state index contributed by atoms with van der Waals surface area (Å²) in [6.07, 6.45) is 4.33. The molecule has 2 fully saturated rings. The molecule has 1 aromatic carbocycles. The molecule has 1 atom stereocenters. The van der Waals surface area contributed by atoms with Crippen molar-refractivity contribution in [3.05, 3.63) is 61.8 Å². The largest absolute Gasteiger partial charge is 0.497 e. The highest BCUT2D eigenvalue weighted by Gasteiger charge is 2.35. The molecular formula is C27H30N4O4S2. The maximum Gasteiger partial charge on any atom is 0.270 e. The molecule has 3 heterocycles. The molecule has 0 saturated carbocycles. The third-order valence-electron chi connectivity index (χ3n) is 6.50. The van der Waals surface area contributed by atoms with E-state index < -0.39 is 0 Å². The van der Waals surface area contributed by atoms with Gasteiger partial charge in [-0.15, -0.1) is 0 Å². The fourth-order valence-corrected chi connectivity index (χ4v) is 5.76. The Kier molecular flexibility index (Phi) is 8.69. The van der Waals surface area contributed by atoms with Crippen LogP contribution in [0.3, 0.4) is 0 Å². The first kappa shape index (κ1) is 26.9. The van der Waals surface area contributed by atoms with E-state index in [1.165, 1.54) is 11.8 Å². The first-order valence-electron chi connectivity index (χ1n) is 12.3. The monoisotopic (exact) mass is 538 g/mol. The molecule has 37 heavy (non-hydrogen) atoms. The van der Waals surface area contributed by atoms with E-state index in [1.54, 1.807) is 29.6 Å². The van der Waals surface area contributed by atoms with Crippen molar-refractivity contribution in [3.8, 4) is 11.8 Å². The molecule has 1 unspecified atom stereocenters. The smallest absolute Gasteiger partial charge is 0.270 e. The minimum absolute atomic E-state index is 0.0121. The summed E-state index contributed by atoms with van der Waals surface area (Å²) in [6, 6.07) is 9.71. The van der Waals surface area contributed by atoms with Gasteiger partial charge >= 0.3 is 0 Å². The van der Waals surface area contributed by atoms with E-state index in [9.17, 15) is 14.9 Å². The van der Waals surface area contributed by atoms with Crippen molar-refractivity contribution in [2.75, 3.05) is 25.6 Å². The van der Waals surface area contributed by atoms with Gasteiger partial charge in [0.15, 0.2) is 0 Å². The molecule has 2 saturated heterocycles. The average Bonchev–Trinajstić information content (AvgIpc) is 3.51. The standard InChI is InChI=1S/C27H30N4O4S2/c1-4-11-30-24(29-15-18-7-9-19(34-3)10-8-18)21(17(2)22(14-28)25(30)32)13-23-26(33)31(27(36)37-23)16-20-6-5-12-35-20/h7-10,13,20,29H,4-6,11-12,15-16H2,1-3H3/b23-13+. The average molecular weight is 539 g/mol. The SMILES string of the molecule is CCCn1c(NCc2ccc(OC)cc2)c(/C=C2/SC(=S)N(CC3CCCO3)C2=O)c(C)c(C#N)c1=O. The summed E-state index contributed by atoms with van der Waals surface area (Å²) in [6.45, 7) is 5.73. The first-order valence-corrected chi connectivity index (χ1v) is 13.5. The molecule has 10 heteroatoms. The van der Waals surface area contributed by atoms with E-state index in [0.29, 0.717) is 58.8 Å². The zero-order chi connectivity index (χ0) is 26.5. The maximum atomic E-state index is 13.3. The summed E-state index contributed by atoms with van der Waals surface area (Å²) < 4.78 is 13.0. The maximum absolute atomic E-state index is 13.3. The summed E-state index contributed by atoms with van der Waals surface area (Å²) in [7, 11) is 1.62. The van der Waals surface area contributed by atoms with Crippen molar-refractivity contribution in [1.29, 1.82) is 5.26 Å². The zero-order valence-corrected chi connectivity index (χ0v) is 22.8. The van der Waals surface area contributed by atoms with Gasteiger partial charge in [-0.25, -0.2) is 0 Å². The second-order valence-electron chi connectivity index (χ2n) is 8.96. The van der Waals surface area contributed by atoms with Crippen LogP contribution in [0.25, 0.3) is 6.08 Å². The van der Waals surface area contributed by atoms with Crippen LogP contribution in [0.2, 0.25) is 0 Å². The number of thioether (sulfide) groups is 1. The van der Waals surface area contributed by atoms with Gasteiger partial charge in [0.25, 0.3) is 11.5 Å². The summed E-state index contributed by atoms with van der Waals surface area (Å²) >= 11 is 6.76. The number of hydrogen-bond donors (Lipinski definition) is 1. The number of thiocarbonyl (C=S) groups is 1. The number of anilines is 1. The Balaban J connectivity index is 1.74. The van der Waals surface area contributed by atoms with Gasteiger partial charge in [0, 0.05) is 25.3 Å². The summed E-state index contributed by atoms with van der Waals surface area (Å²) in [5.41, 5.74) is 1.89. The van der Waals surface area contributed by atoms with Crippen LogP contribution in [0.1, 0.15) is 48.4 Å². The van der Waals surface area contributed by atoms with Crippen molar-refractivity contribution in [2.45, 2.75) is 52.3 Å². The highest BCUT2D eigenvalue weighted by Crippen LogP contribution is 2.36. The number of hydrogen-bond acceptors (Lipinski definition) is 8. The fourth-order valence-electron chi connectivity index (χ4n) is 4.50. The third-order valence-corrected chi connectivity index (χ3v) is 7.88. The lowest BCUT2D eigenvalue weighted by molar-refractivity contribution is -0.123. The van der Waals surface area contributed by atoms with Crippen LogP contribution >= 0.6 is 24.0 Å². The minimum atomic E-state index is -0.345. The lowest BCUT2D eigenvalue weighted by atomic mass is 10.0. The number of carbonyl (C=O) groups is 1. The molecule has 2 aliphatic rings. The highest BCUT2D eigenvalue weighted by atomic mass is 32.2. The van der Waals surface area contributed by atoms with Gasteiger partial charge < -0.3 is 14.8 Å². The van der Waals surface area contributed by atoms with Crippen LogP contribution < -0.4 is 15.6 Å². The zero-order valence-electron chi connectivity index (χ0n) is 21.2. The second-order valence-corrected chi connectivity index (χ2v) is 10.6. The van der Waals surface area contributed by atoms with Gasteiger partial charge in [0.05, 0.1) is 24.7 Å². The second kappa shape index (κ2) is 11.9. The van der Waals surface area contributed by atoms with Crippen LogP contribution in [-0.4, -0.2) is 46.1 Å². The summed E-state index contributed by atoms with van der Waals surface area (Å²) in [5, 5.41) is 13.2. The number of ether oxygens (including phenoxy) is 2. The number of pyridine rings is 1. The molecular weight excluding hydrogens is 508 g/mol. The molecule has 2 aromatic rings. The van der Waals surface area contributed by atoms with E-state index in [-0.39, 0.29) is 23.1 Å². The third kappa shape index (κ3) is 5.74. The Morgan fingerprint density at radius 2 is 2.08 bits per heavy atom. The van der Waals surface area contributed by atoms with E-state index >= 15 is 0 Å². The molecule has 0 radical (unpaired) electrons. The predicted octanol–water partition coefficient (Wildman–Crippen LogP) is 4.44. The van der Waals surface area contributed by atoms with Crippen LogP contribution in [0, 0.1) is 18.3 Å². The topological polar surface area (TPSA) is 96.6 Å². The molecule has 8 nitrogen and oxygen atoms in total. The normalized spacial score (nSPS) is 18.5. The highest BCUT2D eigenvalue weighted by molar-refractivity contribution is 8.26. The molecule has 1 aromatic heterocycles. The fraction of sp³-hybridized carbons (Fsp3) is 0.407. The van der Waals surface area contributed by atoms with Gasteiger partial charge in [0.2, 0.25) is 0 Å². The van der Waals surface area contributed by atoms with Crippen molar-refractivity contribution in [1.82, 2.24) is 9.47 Å².